The topological polar surface area (TPSA) is 30.4 Å². The van der Waals surface area contributed by atoms with E-state index in [2.05, 4.69) is 4.98 Å². The normalized spacial score (nSPS) is 11.2. The standard InChI is InChI=1S/C13H11ClN2O/c1-8-4-3-7-16-11(8)12(14)15-13(16)10-6-5-9(2)17-10/h3-7H,1-2H3. The van der Waals surface area contributed by atoms with Crippen LogP contribution in [0, 0.1) is 13.8 Å². The molecule has 0 aliphatic carbocycles. The van der Waals surface area contributed by atoms with Crippen LogP contribution in [0.15, 0.2) is 34.9 Å². The molecule has 86 valence electrons. The Morgan fingerprint density at radius 3 is 2.76 bits per heavy atom. The summed E-state index contributed by atoms with van der Waals surface area (Å²) in [5, 5.41) is 0.507. The van der Waals surface area contributed by atoms with Crippen LogP contribution in [0.1, 0.15) is 11.3 Å². The van der Waals surface area contributed by atoms with Gasteiger partial charge in [-0.1, -0.05) is 17.7 Å². The van der Waals surface area contributed by atoms with Crippen molar-refractivity contribution < 1.29 is 4.42 Å². The second-order valence-corrected chi connectivity index (χ2v) is 4.40. The van der Waals surface area contributed by atoms with Crippen molar-refractivity contribution in [1.82, 2.24) is 9.38 Å². The summed E-state index contributed by atoms with van der Waals surface area (Å²) in [7, 11) is 0. The first kappa shape index (κ1) is 10.4. The summed E-state index contributed by atoms with van der Waals surface area (Å²) in [4.78, 5) is 4.37. The first-order valence-electron chi connectivity index (χ1n) is 5.37. The number of rotatable bonds is 1. The Labute approximate surface area is 104 Å². The van der Waals surface area contributed by atoms with Crippen LogP contribution >= 0.6 is 11.6 Å². The molecule has 3 heterocycles. The highest BCUT2D eigenvalue weighted by Gasteiger charge is 2.14. The van der Waals surface area contributed by atoms with Crippen LogP contribution in [0.4, 0.5) is 0 Å². The third-order valence-electron chi connectivity index (χ3n) is 2.78. The Balaban J connectivity index is 2.35. The molecule has 0 aliphatic rings. The van der Waals surface area contributed by atoms with Crippen molar-refractivity contribution in [1.29, 1.82) is 0 Å². The van der Waals surface area contributed by atoms with E-state index in [-0.39, 0.29) is 0 Å². The smallest absolute Gasteiger partial charge is 0.182 e. The number of nitrogens with zero attached hydrogens (tertiary/aromatic N) is 2. The summed E-state index contributed by atoms with van der Waals surface area (Å²) in [5.74, 6) is 2.33. The summed E-state index contributed by atoms with van der Waals surface area (Å²) in [6.07, 6.45) is 1.94. The van der Waals surface area contributed by atoms with Gasteiger partial charge in [0.15, 0.2) is 16.7 Å². The summed E-state index contributed by atoms with van der Waals surface area (Å²) in [6.45, 7) is 3.92. The van der Waals surface area contributed by atoms with Gasteiger partial charge >= 0.3 is 0 Å². The average molecular weight is 247 g/mol. The maximum absolute atomic E-state index is 6.17. The summed E-state index contributed by atoms with van der Waals surface area (Å²) in [6, 6.07) is 7.81. The van der Waals surface area contributed by atoms with Gasteiger partial charge in [0.05, 0.1) is 5.52 Å². The minimum Gasteiger partial charge on any atom is -0.458 e. The van der Waals surface area contributed by atoms with Crippen molar-refractivity contribution in [3.8, 4) is 11.6 Å². The lowest BCUT2D eigenvalue weighted by atomic mass is 10.2. The highest BCUT2D eigenvalue weighted by molar-refractivity contribution is 6.33. The van der Waals surface area contributed by atoms with Gasteiger partial charge < -0.3 is 4.42 Å². The lowest BCUT2D eigenvalue weighted by molar-refractivity contribution is 0.544. The van der Waals surface area contributed by atoms with E-state index in [0.717, 1.165) is 28.4 Å². The van der Waals surface area contributed by atoms with E-state index >= 15 is 0 Å². The first-order valence-corrected chi connectivity index (χ1v) is 5.74. The first-order chi connectivity index (χ1) is 8.16. The number of aryl methyl sites for hydroxylation is 2. The van der Waals surface area contributed by atoms with Gasteiger partial charge in [0.25, 0.3) is 0 Å². The fourth-order valence-electron chi connectivity index (χ4n) is 1.98. The number of pyridine rings is 1. The van der Waals surface area contributed by atoms with Crippen molar-refractivity contribution in [2.75, 3.05) is 0 Å². The third kappa shape index (κ3) is 1.54. The van der Waals surface area contributed by atoms with Crippen LogP contribution < -0.4 is 0 Å². The Kier molecular flexibility index (Phi) is 2.23. The molecule has 0 aromatic carbocycles. The van der Waals surface area contributed by atoms with Crippen LogP contribution in [-0.4, -0.2) is 9.38 Å². The lowest BCUT2D eigenvalue weighted by Gasteiger charge is -2.00. The lowest BCUT2D eigenvalue weighted by Crippen LogP contribution is -1.88. The van der Waals surface area contributed by atoms with Gasteiger partial charge in [-0.2, -0.15) is 0 Å². The van der Waals surface area contributed by atoms with Crippen molar-refractivity contribution >= 4 is 17.1 Å². The molecule has 0 spiro atoms. The SMILES string of the molecule is Cc1ccc(-c2nc(Cl)c3c(C)cccn23)o1. The number of hydrogen-bond donors (Lipinski definition) is 0. The highest BCUT2D eigenvalue weighted by Crippen LogP contribution is 2.28. The van der Waals surface area contributed by atoms with Gasteiger partial charge in [-0.25, -0.2) is 4.98 Å². The second-order valence-electron chi connectivity index (χ2n) is 4.05. The van der Waals surface area contributed by atoms with E-state index in [1.807, 2.05) is 48.7 Å². The molecule has 0 N–H and O–H groups in total. The molecule has 0 atom stereocenters. The molecule has 0 saturated carbocycles. The van der Waals surface area contributed by atoms with Gasteiger partial charge in [0.2, 0.25) is 0 Å². The Morgan fingerprint density at radius 2 is 2.06 bits per heavy atom. The third-order valence-corrected chi connectivity index (χ3v) is 3.05. The molecule has 3 aromatic heterocycles. The van der Waals surface area contributed by atoms with Crippen molar-refractivity contribution in [3.63, 3.8) is 0 Å². The average Bonchev–Trinajstić information content (AvgIpc) is 2.84. The number of fused-ring (bicyclic) bond motifs is 1. The van der Waals surface area contributed by atoms with Gasteiger partial charge in [0, 0.05) is 6.20 Å². The van der Waals surface area contributed by atoms with Crippen LogP contribution in [0.3, 0.4) is 0 Å². The molecule has 17 heavy (non-hydrogen) atoms. The van der Waals surface area contributed by atoms with Crippen LogP contribution in [0.5, 0.6) is 0 Å². The monoisotopic (exact) mass is 246 g/mol. The van der Waals surface area contributed by atoms with E-state index < -0.39 is 0 Å². The van der Waals surface area contributed by atoms with E-state index in [4.69, 9.17) is 16.0 Å². The number of furan rings is 1. The predicted molar refractivity (Wildman–Crippen MR) is 67.4 cm³/mol. The van der Waals surface area contributed by atoms with E-state index in [0.29, 0.717) is 5.15 Å². The molecule has 0 fully saturated rings. The molecular weight excluding hydrogens is 236 g/mol. The maximum atomic E-state index is 6.17. The van der Waals surface area contributed by atoms with Crippen LogP contribution in [-0.2, 0) is 0 Å². The van der Waals surface area contributed by atoms with E-state index in [9.17, 15) is 0 Å². The van der Waals surface area contributed by atoms with E-state index in [1.54, 1.807) is 0 Å². The zero-order valence-corrected chi connectivity index (χ0v) is 10.3. The van der Waals surface area contributed by atoms with Crippen molar-refractivity contribution in [2.24, 2.45) is 0 Å². The molecule has 0 aliphatic heterocycles. The quantitative estimate of drug-likeness (QED) is 0.653. The molecule has 3 rings (SSSR count). The minimum absolute atomic E-state index is 0.507. The fraction of sp³-hybridized carbons (Fsp3) is 0.154. The maximum Gasteiger partial charge on any atom is 0.182 e. The van der Waals surface area contributed by atoms with Gasteiger partial charge in [0.1, 0.15) is 5.76 Å². The van der Waals surface area contributed by atoms with E-state index in [1.165, 1.54) is 0 Å². The number of hydrogen-bond acceptors (Lipinski definition) is 2. The van der Waals surface area contributed by atoms with Gasteiger partial charge in [-0.15, -0.1) is 0 Å². The van der Waals surface area contributed by atoms with Crippen LogP contribution in [0.2, 0.25) is 5.15 Å². The molecule has 0 saturated heterocycles. The molecule has 3 nitrogen and oxygen atoms in total. The zero-order chi connectivity index (χ0) is 12.0. The Morgan fingerprint density at radius 1 is 1.24 bits per heavy atom. The fourth-order valence-corrected chi connectivity index (χ4v) is 2.30. The largest absolute Gasteiger partial charge is 0.458 e. The molecule has 0 bridgehead atoms. The Hall–Kier alpha value is -1.74. The van der Waals surface area contributed by atoms with Crippen molar-refractivity contribution in [2.45, 2.75) is 13.8 Å². The highest BCUT2D eigenvalue weighted by atomic mass is 35.5. The van der Waals surface area contributed by atoms with Gasteiger partial charge in [-0.05, 0) is 37.6 Å². The van der Waals surface area contributed by atoms with Crippen molar-refractivity contribution in [3.05, 3.63) is 46.9 Å². The number of imidazole rings is 1. The number of halogens is 1. The molecule has 4 heteroatoms. The van der Waals surface area contributed by atoms with Crippen LogP contribution in [0.25, 0.3) is 17.1 Å². The van der Waals surface area contributed by atoms with Gasteiger partial charge in [-0.3, -0.25) is 4.40 Å². The number of aromatic nitrogens is 2. The Bertz CT molecular complexity index is 697. The summed E-state index contributed by atoms with van der Waals surface area (Å²) >= 11 is 6.17. The predicted octanol–water partition coefficient (Wildman–Crippen LogP) is 3.86. The molecule has 3 aromatic rings. The second kappa shape index (κ2) is 3.64. The molecule has 0 amide bonds. The zero-order valence-electron chi connectivity index (χ0n) is 9.57. The minimum atomic E-state index is 0.507. The molecular formula is C13H11ClN2O. The summed E-state index contributed by atoms with van der Waals surface area (Å²) in [5.41, 5.74) is 2.03. The molecule has 0 radical (unpaired) electrons. The molecule has 0 unspecified atom stereocenters. The summed E-state index contributed by atoms with van der Waals surface area (Å²) < 4.78 is 7.54.